The average Bonchev–Trinajstić information content (AvgIpc) is 3.35. The lowest BCUT2D eigenvalue weighted by atomic mass is 9.91. The van der Waals surface area contributed by atoms with Crippen molar-refractivity contribution in [1.82, 2.24) is 20.5 Å². The summed E-state index contributed by atoms with van der Waals surface area (Å²) in [5, 5.41) is 6.94. The number of fused-ring (bicyclic) bond motifs is 3. The number of aryl methyl sites for hydroxylation is 1. The van der Waals surface area contributed by atoms with E-state index in [0.29, 0.717) is 6.42 Å². The summed E-state index contributed by atoms with van der Waals surface area (Å²) in [6.07, 6.45) is 3.26. The Bertz CT molecular complexity index is 1230. The highest BCUT2D eigenvalue weighted by atomic mass is 16.5. The lowest BCUT2D eigenvalue weighted by Gasteiger charge is -2.24. The molecule has 0 radical (unpaired) electrons. The second-order valence-electron chi connectivity index (χ2n) is 8.87. The fourth-order valence-electron chi connectivity index (χ4n) is 4.96. The number of carbonyl (C=O) groups is 3. The van der Waals surface area contributed by atoms with Crippen molar-refractivity contribution in [2.75, 3.05) is 13.7 Å². The van der Waals surface area contributed by atoms with Crippen LogP contribution >= 0.6 is 0 Å². The molecule has 0 spiro atoms. The number of nitrogens with zero attached hydrogens (tertiary/aromatic N) is 1. The van der Waals surface area contributed by atoms with E-state index in [1.54, 1.807) is 7.11 Å². The average molecular weight is 461 g/mol. The molecule has 1 fully saturated rings. The van der Waals surface area contributed by atoms with Crippen LogP contribution in [0, 0.1) is 0 Å². The van der Waals surface area contributed by atoms with Gasteiger partial charge in [-0.1, -0.05) is 30.3 Å². The van der Waals surface area contributed by atoms with Crippen molar-refractivity contribution in [3.05, 3.63) is 65.4 Å². The Hall–Kier alpha value is -3.81. The Morgan fingerprint density at radius 2 is 1.94 bits per heavy atom. The van der Waals surface area contributed by atoms with Gasteiger partial charge in [-0.15, -0.1) is 0 Å². The van der Waals surface area contributed by atoms with Gasteiger partial charge in [0, 0.05) is 23.1 Å². The van der Waals surface area contributed by atoms with Crippen molar-refractivity contribution in [1.29, 1.82) is 0 Å². The molecule has 3 N–H and O–H groups in total. The number of imide groups is 1. The fraction of sp³-hybridized carbons (Fsp3) is 0.346. The third-order valence-electron chi connectivity index (χ3n) is 6.73. The summed E-state index contributed by atoms with van der Waals surface area (Å²) in [5.41, 5.74) is 4.36. The van der Waals surface area contributed by atoms with E-state index >= 15 is 0 Å². The minimum Gasteiger partial charge on any atom is -0.497 e. The Kier molecular flexibility index (Phi) is 5.96. The molecular formula is C26H28N4O4. The summed E-state index contributed by atoms with van der Waals surface area (Å²) >= 11 is 0. The van der Waals surface area contributed by atoms with Gasteiger partial charge in [0.1, 0.15) is 11.8 Å². The predicted molar refractivity (Wildman–Crippen MR) is 127 cm³/mol. The molecule has 4 amide bonds. The number of aromatic amines is 1. The maximum atomic E-state index is 12.8. The number of amides is 4. The minimum atomic E-state index is -0.839. The van der Waals surface area contributed by atoms with Crippen molar-refractivity contribution >= 4 is 28.7 Å². The molecule has 1 aliphatic heterocycles. The second-order valence-corrected chi connectivity index (χ2v) is 8.87. The highest BCUT2D eigenvalue weighted by Gasteiger charge is 2.39. The number of methoxy groups -OCH3 is 1. The van der Waals surface area contributed by atoms with Crippen LogP contribution in [0.5, 0.6) is 5.75 Å². The number of para-hydroxylation sites is 1. The van der Waals surface area contributed by atoms with Gasteiger partial charge in [0.15, 0.2) is 0 Å². The van der Waals surface area contributed by atoms with Gasteiger partial charge in [-0.05, 0) is 55.0 Å². The van der Waals surface area contributed by atoms with Crippen molar-refractivity contribution in [2.45, 2.75) is 44.2 Å². The molecule has 0 bridgehead atoms. The number of hydrogen-bond donors (Lipinski definition) is 3. The molecule has 2 aromatic carbocycles. The summed E-state index contributed by atoms with van der Waals surface area (Å²) in [4.78, 5) is 42.7. The van der Waals surface area contributed by atoms with Crippen LogP contribution in [0.2, 0.25) is 0 Å². The van der Waals surface area contributed by atoms with Gasteiger partial charge in [-0.3, -0.25) is 14.5 Å². The number of H-pyrrole nitrogens is 1. The lowest BCUT2D eigenvalue weighted by molar-refractivity contribution is -0.131. The number of aromatic nitrogens is 1. The van der Waals surface area contributed by atoms with Gasteiger partial charge in [-0.2, -0.15) is 0 Å². The first kappa shape index (κ1) is 22.0. The monoisotopic (exact) mass is 460 g/mol. The van der Waals surface area contributed by atoms with Gasteiger partial charge >= 0.3 is 6.03 Å². The summed E-state index contributed by atoms with van der Waals surface area (Å²) in [5.74, 6) is 0.151. The maximum Gasteiger partial charge on any atom is 0.324 e. The normalized spacial score (nSPS) is 19.7. The van der Waals surface area contributed by atoms with Crippen LogP contribution in [-0.2, 0) is 22.4 Å². The number of nitrogens with one attached hydrogen (secondary N) is 3. The van der Waals surface area contributed by atoms with E-state index in [2.05, 4.69) is 21.7 Å². The molecule has 1 saturated heterocycles. The third kappa shape index (κ3) is 4.23. The summed E-state index contributed by atoms with van der Waals surface area (Å²) in [6, 6.07) is 14.2. The van der Waals surface area contributed by atoms with E-state index in [1.165, 1.54) is 15.8 Å². The molecule has 3 aromatic rings. The van der Waals surface area contributed by atoms with Gasteiger partial charge in [0.05, 0.1) is 19.6 Å². The second kappa shape index (κ2) is 9.21. The number of carbonyl (C=O) groups excluding carboxylic acids is 3. The quantitative estimate of drug-likeness (QED) is 0.471. The first-order valence-electron chi connectivity index (χ1n) is 11.7. The molecule has 2 aliphatic rings. The molecule has 0 unspecified atom stereocenters. The van der Waals surface area contributed by atoms with Crippen LogP contribution in [0.4, 0.5) is 4.79 Å². The number of ether oxygens (including phenoxy) is 1. The van der Waals surface area contributed by atoms with Crippen LogP contribution in [0.15, 0.2) is 48.5 Å². The Morgan fingerprint density at radius 3 is 2.74 bits per heavy atom. The van der Waals surface area contributed by atoms with Gasteiger partial charge in [0.2, 0.25) is 5.91 Å². The molecule has 5 rings (SSSR count). The molecule has 34 heavy (non-hydrogen) atoms. The van der Waals surface area contributed by atoms with E-state index < -0.39 is 12.1 Å². The zero-order valence-corrected chi connectivity index (χ0v) is 19.1. The van der Waals surface area contributed by atoms with Crippen LogP contribution in [0.25, 0.3) is 10.9 Å². The SMILES string of the molecule is COc1ccc(CCN2C(=O)N[C@@H](CC(=O)N[C@@H]3CCCc4c3[nH]c3ccccc43)C2=O)cc1. The standard InChI is InChI=1S/C26H28N4O4/c1-34-17-11-9-16(10-12-17)13-14-30-25(32)22(29-26(30)33)15-23(31)27-21-8-4-6-19-18-5-2-3-7-20(18)28-24(19)21/h2-3,5,7,9-12,21-22,28H,4,6,8,13-15H2,1H3,(H,27,31)(H,29,33)/t21-,22+/m1/s1. The molecule has 176 valence electrons. The molecule has 1 aliphatic carbocycles. The Balaban J connectivity index is 1.19. The molecule has 2 atom stereocenters. The van der Waals surface area contributed by atoms with E-state index in [1.807, 2.05) is 42.5 Å². The number of urea groups is 1. The first-order chi connectivity index (χ1) is 16.5. The fourth-order valence-corrected chi connectivity index (χ4v) is 4.96. The number of benzene rings is 2. The minimum absolute atomic E-state index is 0.0737. The van der Waals surface area contributed by atoms with Crippen molar-refractivity contribution in [3.8, 4) is 5.75 Å². The Morgan fingerprint density at radius 1 is 1.15 bits per heavy atom. The molecule has 8 nitrogen and oxygen atoms in total. The van der Waals surface area contributed by atoms with Crippen molar-refractivity contribution in [2.24, 2.45) is 0 Å². The molecule has 2 heterocycles. The summed E-state index contributed by atoms with van der Waals surface area (Å²) in [7, 11) is 1.60. The van der Waals surface area contributed by atoms with Crippen LogP contribution in [0.3, 0.4) is 0 Å². The number of hydrogen-bond acceptors (Lipinski definition) is 4. The van der Waals surface area contributed by atoms with Crippen molar-refractivity contribution < 1.29 is 19.1 Å². The van der Waals surface area contributed by atoms with E-state index in [-0.39, 0.29) is 30.8 Å². The van der Waals surface area contributed by atoms with Gasteiger partial charge < -0.3 is 20.4 Å². The first-order valence-corrected chi connectivity index (χ1v) is 11.7. The van der Waals surface area contributed by atoms with Crippen LogP contribution < -0.4 is 15.4 Å². The predicted octanol–water partition coefficient (Wildman–Crippen LogP) is 3.22. The molecule has 8 heteroatoms. The van der Waals surface area contributed by atoms with E-state index in [4.69, 9.17) is 4.74 Å². The van der Waals surface area contributed by atoms with Crippen LogP contribution in [0.1, 0.15) is 42.1 Å². The summed E-state index contributed by atoms with van der Waals surface area (Å²) < 4.78 is 5.15. The number of rotatable bonds is 7. The topological polar surface area (TPSA) is 104 Å². The lowest BCUT2D eigenvalue weighted by Crippen LogP contribution is -2.38. The zero-order chi connectivity index (χ0) is 23.7. The largest absolute Gasteiger partial charge is 0.497 e. The van der Waals surface area contributed by atoms with E-state index in [9.17, 15) is 14.4 Å². The summed E-state index contributed by atoms with van der Waals surface area (Å²) in [6.45, 7) is 0.260. The molecule has 0 saturated carbocycles. The van der Waals surface area contributed by atoms with Crippen LogP contribution in [-0.4, -0.2) is 47.4 Å². The molecule has 1 aromatic heterocycles. The molecular weight excluding hydrogens is 432 g/mol. The highest BCUT2D eigenvalue weighted by Crippen LogP contribution is 2.34. The third-order valence-corrected chi connectivity index (χ3v) is 6.73. The van der Waals surface area contributed by atoms with E-state index in [0.717, 1.165) is 41.8 Å². The van der Waals surface area contributed by atoms with Crippen molar-refractivity contribution in [3.63, 3.8) is 0 Å². The maximum absolute atomic E-state index is 12.8. The van der Waals surface area contributed by atoms with Gasteiger partial charge in [0.25, 0.3) is 5.91 Å². The van der Waals surface area contributed by atoms with Gasteiger partial charge in [-0.25, -0.2) is 4.79 Å². The zero-order valence-electron chi connectivity index (χ0n) is 19.1. The smallest absolute Gasteiger partial charge is 0.324 e. The highest BCUT2D eigenvalue weighted by molar-refractivity contribution is 6.05. The Labute approximate surface area is 197 Å².